The zero-order chi connectivity index (χ0) is 19.5. The van der Waals surface area contributed by atoms with Crippen molar-refractivity contribution in [3.05, 3.63) is 29.8 Å². The fraction of sp³-hybridized carbons (Fsp3) is 0.619. The second kappa shape index (κ2) is 13.6. The number of carbonyl (C=O) groups excluding carboxylic acids is 1. The number of nitrogens with zero attached hydrogens (tertiary/aromatic N) is 2. The topological polar surface area (TPSA) is 63.2 Å². The Labute approximate surface area is 186 Å². The fourth-order valence-corrected chi connectivity index (χ4v) is 3.15. The summed E-state index contributed by atoms with van der Waals surface area (Å²) in [5.74, 6) is 1.71. The van der Waals surface area contributed by atoms with Crippen LogP contribution in [0.3, 0.4) is 0 Å². The first-order valence-electron chi connectivity index (χ1n) is 10.0. The molecule has 0 amide bonds. The van der Waals surface area contributed by atoms with Crippen LogP contribution in [0.15, 0.2) is 29.3 Å². The first-order chi connectivity index (χ1) is 13.2. The van der Waals surface area contributed by atoms with Crippen LogP contribution in [0.2, 0.25) is 0 Å². The lowest BCUT2D eigenvalue weighted by Gasteiger charge is -2.33. The number of likely N-dealkylation sites (tertiary alicyclic amines) is 1. The molecule has 0 saturated carbocycles. The van der Waals surface area contributed by atoms with Crippen LogP contribution in [0.1, 0.15) is 45.1 Å². The minimum Gasteiger partial charge on any atom is -0.494 e. The van der Waals surface area contributed by atoms with E-state index in [1.54, 1.807) is 0 Å². The largest absolute Gasteiger partial charge is 0.494 e. The summed E-state index contributed by atoms with van der Waals surface area (Å²) in [4.78, 5) is 18.7. The molecule has 0 bridgehead atoms. The van der Waals surface area contributed by atoms with E-state index in [-0.39, 0.29) is 35.9 Å². The van der Waals surface area contributed by atoms with Crippen molar-refractivity contribution in [2.75, 3.05) is 33.4 Å². The average molecular weight is 503 g/mol. The maximum absolute atomic E-state index is 11.7. The smallest absolute Gasteiger partial charge is 0.308 e. The number of unbranched alkanes of at least 4 members (excludes halogenated alkanes) is 1. The normalized spacial score (nSPS) is 15.0. The number of esters is 1. The number of halogens is 1. The number of methoxy groups -OCH3 is 1. The van der Waals surface area contributed by atoms with Crippen molar-refractivity contribution < 1.29 is 14.3 Å². The number of piperidine rings is 1. The van der Waals surface area contributed by atoms with Gasteiger partial charge in [0.1, 0.15) is 5.75 Å². The SMILES string of the molecule is CCCCOc1cccc(CN=C(NCC)N2CCC(C(=O)OC)CC2)c1.I. The highest BCUT2D eigenvalue weighted by Gasteiger charge is 2.26. The maximum atomic E-state index is 11.7. The van der Waals surface area contributed by atoms with E-state index in [0.717, 1.165) is 69.2 Å². The Balaban J connectivity index is 0.00000392. The number of aliphatic imine (C=N–C) groups is 1. The van der Waals surface area contributed by atoms with Gasteiger partial charge in [-0.05, 0) is 43.9 Å². The molecule has 1 aromatic rings. The highest BCUT2D eigenvalue weighted by molar-refractivity contribution is 14.0. The summed E-state index contributed by atoms with van der Waals surface area (Å²) in [5.41, 5.74) is 1.13. The molecule has 1 aromatic carbocycles. The van der Waals surface area contributed by atoms with Gasteiger partial charge in [-0.2, -0.15) is 0 Å². The van der Waals surface area contributed by atoms with Gasteiger partial charge in [-0.1, -0.05) is 25.5 Å². The average Bonchev–Trinajstić information content (AvgIpc) is 2.71. The number of guanidine groups is 1. The van der Waals surface area contributed by atoms with E-state index in [2.05, 4.69) is 36.2 Å². The molecule has 28 heavy (non-hydrogen) atoms. The van der Waals surface area contributed by atoms with Gasteiger partial charge in [0.2, 0.25) is 0 Å². The van der Waals surface area contributed by atoms with Crippen LogP contribution in [0.5, 0.6) is 5.75 Å². The zero-order valence-electron chi connectivity index (χ0n) is 17.3. The number of carbonyl (C=O) groups is 1. The Morgan fingerprint density at radius 3 is 2.68 bits per heavy atom. The van der Waals surface area contributed by atoms with Crippen molar-refractivity contribution in [1.82, 2.24) is 10.2 Å². The highest BCUT2D eigenvalue weighted by Crippen LogP contribution is 2.19. The molecule has 7 heteroatoms. The summed E-state index contributed by atoms with van der Waals surface area (Å²) in [5, 5.41) is 3.37. The van der Waals surface area contributed by atoms with E-state index in [1.807, 2.05) is 12.1 Å². The summed E-state index contributed by atoms with van der Waals surface area (Å²) in [6, 6.07) is 8.14. The molecule has 1 aliphatic heterocycles. The minimum atomic E-state index is -0.100. The number of benzene rings is 1. The molecule has 1 aliphatic rings. The molecule has 0 unspecified atom stereocenters. The Bertz CT molecular complexity index is 617. The Morgan fingerprint density at radius 1 is 1.29 bits per heavy atom. The van der Waals surface area contributed by atoms with Gasteiger partial charge in [-0.3, -0.25) is 4.79 Å². The molecule has 1 N–H and O–H groups in total. The second-order valence-electron chi connectivity index (χ2n) is 6.80. The molecule has 2 rings (SSSR count). The fourth-order valence-electron chi connectivity index (χ4n) is 3.15. The lowest BCUT2D eigenvalue weighted by atomic mass is 9.97. The molecule has 0 aromatic heterocycles. The van der Waals surface area contributed by atoms with Gasteiger partial charge in [0.15, 0.2) is 5.96 Å². The van der Waals surface area contributed by atoms with Crippen molar-refractivity contribution >= 4 is 35.9 Å². The van der Waals surface area contributed by atoms with E-state index >= 15 is 0 Å². The molecule has 0 aliphatic carbocycles. The first kappa shape index (κ1) is 24.5. The van der Waals surface area contributed by atoms with Gasteiger partial charge < -0.3 is 19.7 Å². The summed E-state index contributed by atoms with van der Waals surface area (Å²) in [6.45, 7) is 8.02. The number of hydrogen-bond donors (Lipinski definition) is 1. The van der Waals surface area contributed by atoms with Gasteiger partial charge in [0, 0.05) is 19.6 Å². The summed E-state index contributed by atoms with van der Waals surface area (Å²) in [6.07, 6.45) is 3.80. The second-order valence-corrected chi connectivity index (χ2v) is 6.80. The monoisotopic (exact) mass is 503 g/mol. The Morgan fingerprint density at radius 2 is 2.04 bits per heavy atom. The lowest BCUT2D eigenvalue weighted by Crippen LogP contribution is -2.46. The molecule has 6 nitrogen and oxygen atoms in total. The molecule has 0 radical (unpaired) electrons. The Hall–Kier alpha value is -1.51. The number of nitrogens with one attached hydrogen (secondary N) is 1. The van der Waals surface area contributed by atoms with Crippen LogP contribution in [-0.4, -0.2) is 50.2 Å². The summed E-state index contributed by atoms with van der Waals surface area (Å²) in [7, 11) is 1.46. The molecule has 158 valence electrons. The predicted molar refractivity (Wildman–Crippen MR) is 123 cm³/mol. The number of ether oxygens (including phenoxy) is 2. The van der Waals surface area contributed by atoms with Gasteiger partial charge in [-0.15, -0.1) is 24.0 Å². The maximum Gasteiger partial charge on any atom is 0.308 e. The molecular formula is C21H34IN3O3. The molecule has 1 heterocycles. The van der Waals surface area contributed by atoms with Crippen LogP contribution in [0, 0.1) is 5.92 Å². The van der Waals surface area contributed by atoms with E-state index in [1.165, 1.54) is 7.11 Å². The van der Waals surface area contributed by atoms with Crippen molar-refractivity contribution in [3.8, 4) is 5.75 Å². The standard InChI is InChI=1S/C21H33N3O3.HI/c1-4-6-14-27-19-9-7-8-17(15-19)16-23-21(22-5-2)24-12-10-18(11-13-24)20(25)26-3;/h7-9,15,18H,4-6,10-14,16H2,1-3H3,(H,22,23);1H. The van der Waals surface area contributed by atoms with Crippen LogP contribution >= 0.6 is 24.0 Å². The van der Waals surface area contributed by atoms with Crippen LogP contribution in [-0.2, 0) is 16.1 Å². The van der Waals surface area contributed by atoms with Gasteiger partial charge in [-0.25, -0.2) is 4.99 Å². The van der Waals surface area contributed by atoms with Crippen LogP contribution in [0.4, 0.5) is 0 Å². The zero-order valence-corrected chi connectivity index (χ0v) is 19.6. The van der Waals surface area contributed by atoms with Crippen LogP contribution < -0.4 is 10.1 Å². The Kier molecular flexibility index (Phi) is 11.9. The van der Waals surface area contributed by atoms with E-state index < -0.39 is 0 Å². The third-order valence-electron chi connectivity index (χ3n) is 4.74. The van der Waals surface area contributed by atoms with E-state index in [0.29, 0.717) is 6.54 Å². The molecule has 1 saturated heterocycles. The van der Waals surface area contributed by atoms with Crippen molar-refractivity contribution in [3.63, 3.8) is 0 Å². The summed E-state index contributed by atoms with van der Waals surface area (Å²) >= 11 is 0. The molecule has 0 spiro atoms. The quantitative estimate of drug-likeness (QED) is 0.192. The van der Waals surface area contributed by atoms with Crippen molar-refractivity contribution in [2.45, 2.75) is 46.1 Å². The number of rotatable bonds is 8. The third-order valence-corrected chi connectivity index (χ3v) is 4.74. The van der Waals surface area contributed by atoms with Crippen LogP contribution in [0.25, 0.3) is 0 Å². The van der Waals surface area contributed by atoms with E-state index in [9.17, 15) is 4.79 Å². The van der Waals surface area contributed by atoms with Gasteiger partial charge in [0.25, 0.3) is 0 Å². The first-order valence-corrected chi connectivity index (χ1v) is 10.0. The molecule has 1 fully saturated rings. The minimum absolute atomic E-state index is 0. The van der Waals surface area contributed by atoms with Crippen molar-refractivity contribution in [2.24, 2.45) is 10.9 Å². The highest BCUT2D eigenvalue weighted by atomic mass is 127. The van der Waals surface area contributed by atoms with Gasteiger partial charge >= 0.3 is 5.97 Å². The van der Waals surface area contributed by atoms with Crippen molar-refractivity contribution in [1.29, 1.82) is 0 Å². The lowest BCUT2D eigenvalue weighted by molar-refractivity contribution is -0.146. The van der Waals surface area contributed by atoms with E-state index in [4.69, 9.17) is 14.5 Å². The summed E-state index contributed by atoms with van der Waals surface area (Å²) < 4.78 is 10.7. The number of hydrogen-bond acceptors (Lipinski definition) is 4. The molecule has 0 atom stereocenters. The third kappa shape index (κ3) is 7.85. The molecular weight excluding hydrogens is 469 g/mol. The predicted octanol–water partition coefficient (Wildman–Crippen LogP) is 3.83. The van der Waals surface area contributed by atoms with Gasteiger partial charge in [0.05, 0.1) is 26.2 Å².